The molecule has 1 aliphatic rings. The maximum absolute atomic E-state index is 10.9. The molecular weight excluding hydrogens is 218 g/mol. The lowest BCUT2D eigenvalue weighted by Gasteiger charge is -2.19. The van der Waals surface area contributed by atoms with E-state index in [0.29, 0.717) is 5.56 Å². The van der Waals surface area contributed by atoms with Gasteiger partial charge in [-0.2, -0.15) is 0 Å². The van der Waals surface area contributed by atoms with Gasteiger partial charge in [-0.05, 0) is 38.0 Å². The van der Waals surface area contributed by atoms with Crippen molar-refractivity contribution in [1.29, 1.82) is 0 Å². The number of anilines is 1. The lowest BCUT2D eigenvalue weighted by atomic mass is 10.1. The Kier molecular flexibility index (Phi) is 3.33. The molecule has 17 heavy (non-hydrogen) atoms. The van der Waals surface area contributed by atoms with E-state index in [2.05, 4.69) is 5.32 Å². The largest absolute Gasteiger partial charge is 0.478 e. The van der Waals surface area contributed by atoms with Crippen LogP contribution >= 0.6 is 0 Å². The minimum absolute atomic E-state index is 0.169. The van der Waals surface area contributed by atoms with Crippen LogP contribution in [0.4, 0.5) is 5.69 Å². The first kappa shape index (κ1) is 11.9. The summed E-state index contributed by atoms with van der Waals surface area (Å²) in [5.74, 6) is -0.899. The Morgan fingerprint density at radius 3 is 2.88 bits per heavy atom. The van der Waals surface area contributed by atoms with Crippen LogP contribution in [0.25, 0.3) is 0 Å². The average Bonchev–Trinajstić information content (AvgIpc) is 2.67. The minimum atomic E-state index is -0.899. The highest BCUT2D eigenvalue weighted by Gasteiger charge is 2.24. The topological polar surface area (TPSA) is 58.6 Å². The number of nitrogens with one attached hydrogen (secondary N) is 1. The molecule has 2 atom stereocenters. The fourth-order valence-corrected chi connectivity index (χ4v) is 2.03. The number of hydrogen-bond acceptors (Lipinski definition) is 3. The lowest BCUT2D eigenvalue weighted by molar-refractivity contribution is 0.0697. The molecule has 1 heterocycles. The zero-order valence-corrected chi connectivity index (χ0v) is 10.1. The first-order valence-electron chi connectivity index (χ1n) is 5.80. The van der Waals surface area contributed by atoms with Crippen LogP contribution in [0.15, 0.2) is 18.2 Å². The predicted molar refractivity (Wildman–Crippen MR) is 65.6 cm³/mol. The summed E-state index contributed by atoms with van der Waals surface area (Å²) in [4.78, 5) is 10.9. The first-order valence-corrected chi connectivity index (χ1v) is 5.80. The average molecular weight is 235 g/mol. The van der Waals surface area contributed by atoms with E-state index in [1.54, 1.807) is 12.1 Å². The Morgan fingerprint density at radius 1 is 1.53 bits per heavy atom. The van der Waals surface area contributed by atoms with Crippen LogP contribution in [0, 0.1) is 6.92 Å². The zero-order valence-electron chi connectivity index (χ0n) is 10.1. The van der Waals surface area contributed by atoms with Gasteiger partial charge in [-0.25, -0.2) is 4.79 Å². The third-order valence-electron chi connectivity index (χ3n) is 3.20. The van der Waals surface area contributed by atoms with E-state index < -0.39 is 5.97 Å². The van der Waals surface area contributed by atoms with E-state index >= 15 is 0 Å². The van der Waals surface area contributed by atoms with Crippen molar-refractivity contribution in [2.24, 2.45) is 0 Å². The molecule has 92 valence electrons. The van der Waals surface area contributed by atoms with Gasteiger partial charge in [-0.1, -0.05) is 6.07 Å². The van der Waals surface area contributed by atoms with Gasteiger partial charge >= 0.3 is 5.97 Å². The summed E-state index contributed by atoms with van der Waals surface area (Å²) in [6.07, 6.45) is 1.13. The molecule has 0 aromatic heterocycles. The summed E-state index contributed by atoms with van der Waals surface area (Å²) < 4.78 is 5.48. The van der Waals surface area contributed by atoms with Crippen LogP contribution < -0.4 is 5.32 Å². The Bertz CT molecular complexity index is 431. The highest BCUT2D eigenvalue weighted by Crippen LogP contribution is 2.22. The fourth-order valence-electron chi connectivity index (χ4n) is 2.03. The summed E-state index contributed by atoms with van der Waals surface area (Å²) in [7, 11) is 0. The molecule has 0 radical (unpaired) electrons. The number of benzene rings is 1. The van der Waals surface area contributed by atoms with E-state index in [4.69, 9.17) is 9.84 Å². The third-order valence-corrected chi connectivity index (χ3v) is 3.20. The van der Waals surface area contributed by atoms with Gasteiger partial charge in [-0.15, -0.1) is 0 Å². The van der Waals surface area contributed by atoms with Gasteiger partial charge in [-0.3, -0.25) is 0 Å². The third kappa shape index (κ3) is 2.58. The van der Waals surface area contributed by atoms with Gasteiger partial charge in [0.1, 0.15) is 0 Å². The number of carboxylic acids is 1. The van der Waals surface area contributed by atoms with Crippen LogP contribution in [0.3, 0.4) is 0 Å². The van der Waals surface area contributed by atoms with Crippen molar-refractivity contribution in [2.45, 2.75) is 32.4 Å². The fraction of sp³-hybridized carbons (Fsp3) is 0.462. The van der Waals surface area contributed by atoms with Gasteiger partial charge in [0.2, 0.25) is 0 Å². The molecule has 0 saturated carbocycles. The molecule has 4 heteroatoms. The zero-order chi connectivity index (χ0) is 12.4. The highest BCUT2D eigenvalue weighted by molar-refractivity contribution is 5.89. The van der Waals surface area contributed by atoms with Gasteiger partial charge in [0.25, 0.3) is 0 Å². The number of carboxylic acid groups (broad SMARTS) is 1. The molecule has 0 aliphatic carbocycles. The Hall–Kier alpha value is -1.55. The number of ether oxygens (including phenoxy) is 1. The molecule has 1 fully saturated rings. The van der Waals surface area contributed by atoms with Crippen molar-refractivity contribution in [3.8, 4) is 0 Å². The first-order chi connectivity index (χ1) is 8.08. The van der Waals surface area contributed by atoms with Crippen molar-refractivity contribution >= 4 is 11.7 Å². The predicted octanol–water partition coefficient (Wildman–Crippen LogP) is 2.28. The number of carbonyl (C=O) groups is 1. The van der Waals surface area contributed by atoms with Crippen molar-refractivity contribution in [3.05, 3.63) is 29.3 Å². The summed E-state index contributed by atoms with van der Waals surface area (Å²) in [6.45, 7) is 4.76. The summed E-state index contributed by atoms with van der Waals surface area (Å²) in [5, 5.41) is 12.3. The SMILES string of the molecule is Cc1ccc(C(=O)O)cc1NC1CCOC1C. The van der Waals surface area contributed by atoms with Gasteiger partial charge in [0.15, 0.2) is 0 Å². The number of rotatable bonds is 3. The second-order valence-electron chi connectivity index (χ2n) is 4.45. The van der Waals surface area contributed by atoms with Crippen molar-refractivity contribution in [2.75, 3.05) is 11.9 Å². The molecule has 1 aliphatic heterocycles. The maximum atomic E-state index is 10.9. The van der Waals surface area contributed by atoms with Gasteiger partial charge in [0.05, 0.1) is 17.7 Å². The Balaban J connectivity index is 2.19. The van der Waals surface area contributed by atoms with E-state index in [1.165, 1.54) is 0 Å². The Labute approximate surface area is 101 Å². The van der Waals surface area contributed by atoms with E-state index in [9.17, 15) is 4.79 Å². The number of aromatic carboxylic acids is 1. The van der Waals surface area contributed by atoms with Crippen molar-refractivity contribution in [1.82, 2.24) is 0 Å². The van der Waals surface area contributed by atoms with Gasteiger partial charge < -0.3 is 15.2 Å². The van der Waals surface area contributed by atoms with Gasteiger partial charge in [0, 0.05) is 12.3 Å². The molecule has 0 bridgehead atoms. The smallest absolute Gasteiger partial charge is 0.335 e. The van der Waals surface area contributed by atoms with Crippen LogP contribution in [0.2, 0.25) is 0 Å². The number of aryl methyl sites for hydroxylation is 1. The molecule has 1 aromatic rings. The summed E-state index contributed by atoms with van der Waals surface area (Å²) in [6, 6.07) is 5.39. The quantitative estimate of drug-likeness (QED) is 0.843. The molecule has 1 aromatic carbocycles. The summed E-state index contributed by atoms with van der Waals surface area (Å²) in [5.41, 5.74) is 2.24. The molecule has 0 spiro atoms. The van der Waals surface area contributed by atoms with Crippen LogP contribution in [0.5, 0.6) is 0 Å². The van der Waals surface area contributed by atoms with E-state index in [0.717, 1.165) is 24.3 Å². The van der Waals surface area contributed by atoms with Crippen molar-refractivity contribution < 1.29 is 14.6 Å². The molecular formula is C13H17NO3. The molecule has 2 unspecified atom stereocenters. The monoisotopic (exact) mass is 235 g/mol. The molecule has 1 saturated heterocycles. The van der Waals surface area contributed by atoms with Crippen LogP contribution in [-0.4, -0.2) is 29.8 Å². The highest BCUT2D eigenvalue weighted by atomic mass is 16.5. The van der Waals surface area contributed by atoms with Crippen LogP contribution in [0.1, 0.15) is 29.3 Å². The minimum Gasteiger partial charge on any atom is -0.478 e. The Morgan fingerprint density at radius 2 is 2.29 bits per heavy atom. The molecule has 4 nitrogen and oxygen atoms in total. The van der Waals surface area contributed by atoms with E-state index in [1.807, 2.05) is 19.9 Å². The second kappa shape index (κ2) is 4.75. The molecule has 0 amide bonds. The lowest BCUT2D eigenvalue weighted by Crippen LogP contribution is -2.27. The second-order valence-corrected chi connectivity index (χ2v) is 4.45. The molecule has 2 rings (SSSR count). The standard InChI is InChI=1S/C13H17NO3/c1-8-3-4-10(13(15)16)7-12(8)14-11-5-6-17-9(11)2/h3-4,7,9,11,14H,5-6H2,1-2H3,(H,15,16). The number of hydrogen-bond donors (Lipinski definition) is 2. The van der Waals surface area contributed by atoms with Crippen LogP contribution in [-0.2, 0) is 4.74 Å². The normalized spacial score (nSPS) is 23.6. The maximum Gasteiger partial charge on any atom is 0.335 e. The van der Waals surface area contributed by atoms with E-state index in [-0.39, 0.29) is 12.1 Å². The molecule has 2 N–H and O–H groups in total. The van der Waals surface area contributed by atoms with Crippen molar-refractivity contribution in [3.63, 3.8) is 0 Å². The summed E-state index contributed by atoms with van der Waals surface area (Å²) >= 11 is 0.